The van der Waals surface area contributed by atoms with Crippen LogP contribution in [0.2, 0.25) is 0 Å². The Morgan fingerprint density at radius 2 is 1.00 bits per heavy atom. The second-order valence-corrected chi connectivity index (χ2v) is 12.7. The molecule has 0 amide bonds. The maximum Gasteiger partial charge on any atom is 0.508 e. The first-order valence-corrected chi connectivity index (χ1v) is 16.6. The number of hydrogen-bond donors (Lipinski definition) is 0. The molecule has 0 radical (unpaired) electrons. The number of allylic oxidation sites excluding steroid dienone is 4. The first-order valence-electron chi connectivity index (χ1n) is 16.6. The van der Waals surface area contributed by atoms with Crippen LogP contribution in [0.1, 0.15) is 44.6 Å². The lowest BCUT2D eigenvalue weighted by Crippen LogP contribution is -2.32. The average Bonchev–Trinajstić information content (AvgIpc) is 3.89. The minimum atomic E-state index is -0.634. The number of nitrogens with zero attached hydrogens (tertiary/aromatic N) is 2. The maximum atomic E-state index is 11.4. The number of benzene rings is 1. The zero-order valence-corrected chi connectivity index (χ0v) is 27.0. The smallest absolute Gasteiger partial charge is 0.430 e. The number of carbonyl (C=O) groups excluding carboxylic acids is 4. The normalized spacial score (nSPS) is 26.2. The molecule has 0 bridgehead atoms. The molecule has 1 aromatic carbocycles. The molecule has 5 aliphatic rings. The van der Waals surface area contributed by atoms with Gasteiger partial charge in [-0.25, -0.2) is 19.2 Å². The summed E-state index contributed by atoms with van der Waals surface area (Å²) in [5.74, 6) is 0.302. The third-order valence-electron chi connectivity index (χ3n) is 9.24. The van der Waals surface area contributed by atoms with E-state index in [1.54, 1.807) is 0 Å². The van der Waals surface area contributed by atoms with E-state index in [2.05, 4.69) is 53.1 Å². The van der Waals surface area contributed by atoms with Crippen molar-refractivity contribution in [2.24, 2.45) is 5.92 Å². The van der Waals surface area contributed by atoms with Crippen LogP contribution >= 0.6 is 0 Å². The Morgan fingerprint density at radius 3 is 1.38 bits per heavy atom. The number of ether oxygens (including phenoxy) is 8. The highest BCUT2D eigenvalue weighted by Gasteiger charge is 2.30. The van der Waals surface area contributed by atoms with Crippen LogP contribution in [0.4, 0.5) is 24.9 Å². The molecule has 0 N–H and O–H groups in total. The Labute approximate surface area is 278 Å². The largest absolute Gasteiger partial charge is 0.508 e. The van der Waals surface area contributed by atoms with E-state index in [0.29, 0.717) is 57.8 Å². The van der Waals surface area contributed by atoms with Gasteiger partial charge in [0.1, 0.15) is 50.8 Å². The van der Waals surface area contributed by atoms with Gasteiger partial charge in [-0.3, -0.25) is 0 Å². The molecule has 0 aromatic heterocycles. The topological polar surface area (TPSA) is 149 Å². The summed E-state index contributed by atoms with van der Waals surface area (Å²) in [5, 5.41) is 0. The van der Waals surface area contributed by atoms with Crippen molar-refractivity contribution in [3.63, 3.8) is 0 Å². The fourth-order valence-electron chi connectivity index (χ4n) is 6.41. The molecule has 4 fully saturated rings. The van der Waals surface area contributed by atoms with Crippen molar-refractivity contribution in [1.29, 1.82) is 0 Å². The summed E-state index contributed by atoms with van der Waals surface area (Å²) in [7, 11) is 0. The average molecular weight is 671 g/mol. The molecule has 1 aliphatic carbocycles. The van der Waals surface area contributed by atoms with Crippen LogP contribution in [-0.2, 0) is 44.3 Å². The maximum absolute atomic E-state index is 11.4. The van der Waals surface area contributed by atoms with Crippen molar-refractivity contribution < 1.29 is 57.1 Å². The third kappa shape index (κ3) is 9.04. The predicted molar refractivity (Wildman–Crippen MR) is 167 cm³/mol. The van der Waals surface area contributed by atoms with Crippen molar-refractivity contribution in [2.45, 2.75) is 69.9 Å². The van der Waals surface area contributed by atoms with Crippen LogP contribution < -0.4 is 4.90 Å². The van der Waals surface area contributed by atoms with Gasteiger partial charge in [-0.15, -0.1) is 0 Å². The molecule has 48 heavy (non-hydrogen) atoms. The molecule has 5 unspecified atom stereocenters. The van der Waals surface area contributed by atoms with Crippen molar-refractivity contribution in [1.82, 2.24) is 4.90 Å². The highest BCUT2D eigenvalue weighted by Crippen LogP contribution is 2.31. The predicted octanol–water partition coefficient (Wildman–Crippen LogP) is 4.89. The highest BCUT2D eigenvalue weighted by atomic mass is 16.8. The van der Waals surface area contributed by atoms with Crippen molar-refractivity contribution >= 4 is 30.3 Å². The van der Waals surface area contributed by atoms with E-state index in [1.165, 1.54) is 16.8 Å². The van der Waals surface area contributed by atoms with Gasteiger partial charge in [0.15, 0.2) is 0 Å². The minimum Gasteiger partial charge on any atom is -0.430 e. The van der Waals surface area contributed by atoms with Crippen LogP contribution in [0, 0.1) is 5.92 Å². The van der Waals surface area contributed by atoms with Gasteiger partial charge < -0.3 is 47.7 Å². The summed E-state index contributed by atoms with van der Waals surface area (Å²) in [6, 6.07) is 8.46. The van der Waals surface area contributed by atoms with Crippen LogP contribution in [-0.4, -0.2) is 107 Å². The Kier molecular flexibility index (Phi) is 10.8. The molecule has 1 aromatic rings. The molecule has 260 valence electrons. The molecule has 4 saturated heterocycles. The van der Waals surface area contributed by atoms with Crippen LogP contribution in [0.3, 0.4) is 0 Å². The van der Waals surface area contributed by atoms with Gasteiger partial charge in [-0.2, -0.15) is 0 Å². The van der Waals surface area contributed by atoms with E-state index in [-0.39, 0.29) is 50.8 Å². The second-order valence-electron chi connectivity index (χ2n) is 12.7. The highest BCUT2D eigenvalue weighted by molar-refractivity contribution is 5.63. The number of hydrogen-bond acceptors (Lipinski definition) is 14. The summed E-state index contributed by atoms with van der Waals surface area (Å²) in [6.45, 7) is 5.86. The molecule has 4 heterocycles. The van der Waals surface area contributed by atoms with Crippen LogP contribution in [0.15, 0.2) is 47.7 Å². The third-order valence-corrected chi connectivity index (χ3v) is 9.24. The van der Waals surface area contributed by atoms with E-state index in [0.717, 1.165) is 18.5 Å². The molecule has 5 atom stereocenters. The Hall–Kier alpha value is -4.62. The summed E-state index contributed by atoms with van der Waals surface area (Å²) >= 11 is 0. The molecule has 14 nitrogen and oxygen atoms in total. The zero-order chi connectivity index (χ0) is 33.5. The fraction of sp³-hybridized carbons (Fsp3) is 0.588. The van der Waals surface area contributed by atoms with Crippen molar-refractivity contribution in [3.8, 4) is 0 Å². The van der Waals surface area contributed by atoms with E-state index in [1.807, 2.05) is 0 Å². The lowest BCUT2D eigenvalue weighted by molar-refractivity contribution is 0.108. The molecule has 0 spiro atoms. The van der Waals surface area contributed by atoms with Gasteiger partial charge in [0, 0.05) is 63.2 Å². The fourth-order valence-corrected chi connectivity index (χ4v) is 6.41. The summed E-state index contributed by atoms with van der Waals surface area (Å²) < 4.78 is 40.7. The van der Waals surface area contributed by atoms with Gasteiger partial charge in [-0.05, 0) is 42.5 Å². The Bertz CT molecular complexity index is 1330. The molecule has 0 saturated carbocycles. The SMILES string of the molecule is CC1CC(N(CCC2COC(=O)O2)CCC2COC(=O)O2)=CC=C1Cc1ccc(N(CCC2COC(=O)O2)CCC2COC(=O)O2)cc1. The van der Waals surface area contributed by atoms with Gasteiger partial charge >= 0.3 is 24.6 Å². The first-order chi connectivity index (χ1) is 23.3. The number of rotatable bonds is 16. The van der Waals surface area contributed by atoms with Gasteiger partial charge in [0.05, 0.1) is 0 Å². The second kappa shape index (κ2) is 15.5. The summed E-state index contributed by atoms with van der Waals surface area (Å²) in [4.78, 5) is 50.1. The molecule has 4 aliphatic heterocycles. The molecule has 6 rings (SSSR count). The number of cyclic esters (lactones) is 8. The van der Waals surface area contributed by atoms with Crippen molar-refractivity contribution in [3.05, 3.63) is 53.3 Å². The monoisotopic (exact) mass is 670 g/mol. The Morgan fingerprint density at radius 1 is 0.583 bits per heavy atom. The van der Waals surface area contributed by atoms with E-state index in [9.17, 15) is 19.2 Å². The summed E-state index contributed by atoms with van der Waals surface area (Å²) in [5.41, 5.74) is 4.72. The Balaban J connectivity index is 1.08. The summed E-state index contributed by atoms with van der Waals surface area (Å²) in [6.07, 6.45) is 4.88. The quantitative estimate of drug-likeness (QED) is 0.174. The lowest BCUT2D eigenvalue weighted by Gasteiger charge is -2.33. The van der Waals surface area contributed by atoms with E-state index in [4.69, 9.17) is 37.9 Å². The van der Waals surface area contributed by atoms with Crippen LogP contribution in [0.5, 0.6) is 0 Å². The first kappa shape index (κ1) is 33.3. The number of carbonyl (C=O) groups is 4. The van der Waals surface area contributed by atoms with E-state index >= 15 is 0 Å². The van der Waals surface area contributed by atoms with Gasteiger partial charge in [0.2, 0.25) is 0 Å². The lowest BCUT2D eigenvalue weighted by atomic mass is 9.86. The van der Waals surface area contributed by atoms with E-state index < -0.39 is 24.6 Å². The van der Waals surface area contributed by atoms with Gasteiger partial charge in [-0.1, -0.05) is 30.7 Å². The van der Waals surface area contributed by atoms with Gasteiger partial charge in [0.25, 0.3) is 0 Å². The minimum absolute atomic E-state index is 0.247. The van der Waals surface area contributed by atoms with Crippen LogP contribution in [0.25, 0.3) is 0 Å². The molecule has 14 heteroatoms. The molecular weight excluding hydrogens is 628 g/mol. The number of anilines is 1. The molecular formula is C34H42N2O12. The zero-order valence-electron chi connectivity index (χ0n) is 27.0. The standard InChI is InChI=1S/C34H42N2O12/c1-22-16-26(36(14-10-29-20-43-33(39)47-29)15-11-30-21-44-34(40)48-30)7-4-24(22)17-23-2-5-25(6-3-23)35(12-8-27-18-41-31(37)45-27)13-9-28-19-42-32(38)46-28/h2-7,22,27-30H,8-21H2,1H3. The van der Waals surface area contributed by atoms with Crippen molar-refractivity contribution in [2.75, 3.05) is 57.5 Å².